The fraction of sp³-hybridized carbons (Fsp3) is 0.125. The summed E-state index contributed by atoms with van der Waals surface area (Å²) in [4.78, 5) is 26.7. The SMILES string of the molecule is COC(=O)c1cc(-n2c(=O)[nH]c3ccccc32)ccc1C. The molecule has 3 rings (SSSR count). The van der Waals surface area contributed by atoms with E-state index in [2.05, 4.69) is 4.98 Å². The molecule has 0 aliphatic carbocycles. The molecule has 0 spiro atoms. The van der Waals surface area contributed by atoms with Crippen molar-refractivity contribution >= 4 is 17.0 Å². The Morgan fingerprint density at radius 3 is 2.71 bits per heavy atom. The van der Waals surface area contributed by atoms with Crippen molar-refractivity contribution < 1.29 is 9.53 Å². The van der Waals surface area contributed by atoms with Crippen LogP contribution in [0.4, 0.5) is 0 Å². The maximum Gasteiger partial charge on any atom is 0.338 e. The summed E-state index contributed by atoms with van der Waals surface area (Å²) in [6.45, 7) is 1.83. The van der Waals surface area contributed by atoms with E-state index in [4.69, 9.17) is 4.74 Å². The van der Waals surface area contributed by atoms with E-state index in [0.29, 0.717) is 11.3 Å². The van der Waals surface area contributed by atoms with E-state index in [-0.39, 0.29) is 5.69 Å². The van der Waals surface area contributed by atoms with Gasteiger partial charge >= 0.3 is 11.7 Å². The van der Waals surface area contributed by atoms with Crippen LogP contribution in [0.3, 0.4) is 0 Å². The van der Waals surface area contributed by atoms with Gasteiger partial charge < -0.3 is 9.72 Å². The second-order valence-corrected chi connectivity index (χ2v) is 4.77. The highest BCUT2D eigenvalue weighted by atomic mass is 16.5. The van der Waals surface area contributed by atoms with Gasteiger partial charge in [-0.25, -0.2) is 9.59 Å². The van der Waals surface area contributed by atoms with Gasteiger partial charge in [0.1, 0.15) is 0 Å². The zero-order valence-corrected chi connectivity index (χ0v) is 11.7. The summed E-state index contributed by atoms with van der Waals surface area (Å²) < 4.78 is 6.32. The molecule has 0 radical (unpaired) electrons. The van der Waals surface area contributed by atoms with Crippen LogP contribution in [0, 0.1) is 6.92 Å². The Balaban J connectivity index is 2.26. The lowest BCUT2D eigenvalue weighted by molar-refractivity contribution is 0.0600. The molecule has 5 nitrogen and oxygen atoms in total. The second kappa shape index (κ2) is 4.94. The first-order chi connectivity index (χ1) is 10.1. The number of rotatable bonds is 2. The van der Waals surface area contributed by atoms with Crippen LogP contribution in [0.2, 0.25) is 0 Å². The first kappa shape index (κ1) is 13.2. The third-order valence-corrected chi connectivity index (χ3v) is 3.47. The van der Waals surface area contributed by atoms with Gasteiger partial charge in [-0.1, -0.05) is 18.2 Å². The molecule has 21 heavy (non-hydrogen) atoms. The van der Waals surface area contributed by atoms with Crippen molar-refractivity contribution in [3.63, 3.8) is 0 Å². The molecular weight excluding hydrogens is 268 g/mol. The number of methoxy groups -OCH3 is 1. The van der Waals surface area contributed by atoms with Crippen molar-refractivity contribution in [2.45, 2.75) is 6.92 Å². The molecule has 0 aliphatic rings. The van der Waals surface area contributed by atoms with Crippen LogP contribution in [0.1, 0.15) is 15.9 Å². The van der Waals surface area contributed by atoms with E-state index in [1.807, 2.05) is 37.3 Å². The summed E-state index contributed by atoms with van der Waals surface area (Å²) in [5, 5.41) is 0. The highest BCUT2D eigenvalue weighted by molar-refractivity contribution is 5.92. The van der Waals surface area contributed by atoms with Crippen molar-refractivity contribution in [3.05, 3.63) is 64.1 Å². The molecule has 0 amide bonds. The fourth-order valence-electron chi connectivity index (χ4n) is 2.39. The number of esters is 1. The third-order valence-electron chi connectivity index (χ3n) is 3.47. The zero-order chi connectivity index (χ0) is 15.0. The van der Waals surface area contributed by atoms with E-state index in [1.54, 1.807) is 16.7 Å². The lowest BCUT2D eigenvalue weighted by Crippen LogP contribution is -2.15. The number of nitrogens with one attached hydrogen (secondary N) is 1. The number of imidazole rings is 1. The summed E-state index contributed by atoms with van der Waals surface area (Å²) in [6.07, 6.45) is 0. The Labute approximate surface area is 120 Å². The molecule has 0 unspecified atom stereocenters. The van der Waals surface area contributed by atoms with Crippen LogP contribution in [-0.2, 0) is 4.74 Å². The smallest absolute Gasteiger partial charge is 0.338 e. The van der Waals surface area contributed by atoms with Crippen molar-refractivity contribution in [1.82, 2.24) is 9.55 Å². The Hall–Kier alpha value is -2.82. The van der Waals surface area contributed by atoms with E-state index in [9.17, 15) is 9.59 Å². The molecule has 1 heterocycles. The number of carbonyl (C=O) groups is 1. The van der Waals surface area contributed by atoms with Gasteiger partial charge in [-0.2, -0.15) is 0 Å². The summed E-state index contributed by atoms with van der Waals surface area (Å²) in [6, 6.07) is 12.7. The Bertz CT molecular complexity index is 890. The topological polar surface area (TPSA) is 64.1 Å². The molecule has 3 aromatic rings. The number of hydrogen-bond donors (Lipinski definition) is 1. The predicted octanol–water partition coefficient (Wildman–Crippen LogP) is 2.41. The molecule has 2 aromatic carbocycles. The lowest BCUT2D eigenvalue weighted by atomic mass is 10.1. The fourth-order valence-corrected chi connectivity index (χ4v) is 2.39. The molecule has 0 atom stereocenters. The minimum absolute atomic E-state index is 0.240. The van der Waals surface area contributed by atoms with Gasteiger partial charge in [-0.05, 0) is 36.8 Å². The highest BCUT2D eigenvalue weighted by Crippen LogP contribution is 2.19. The average Bonchev–Trinajstić information content (AvgIpc) is 2.83. The number of benzene rings is 2. The molecule has 0 fully saturated rings. The predicted molar refractivity (Wildman–Crippen MR) is 80.0 cm³/mol. The Kier molecular flexibility index (Phi) is 3.10. The van der Waals surface area contributed by atoms with Gasteiger partial charge in [0.15, 0.2) is 0 Å². The van der Waals surface area contributed by atoms with Crippen LogP contribution in [0.25, 0.3) is 16.7 Å². The number of carbonyl (C=O) groups excluding carboxylic acids is 1. The van der Waals surface area contributed by atoms with Crippen molar-refractivity contribution in [1.29, 1.82) is 0 Å². The normalized spacial score (nSPS) is 10.8. The van der Waals surface area contributed by atoms with Gasteiger partial charge in [0.25, 0.3) is 0 Å². The summed E-state index contributed by atoms with van der Waals surface area (Å²) in [5.74, 6) is -0.415. The highest BCUT2D eigenvalue weighted by Gasteiger charge is 2.13. The number of hydrogen-bond acceptors (Lipinski definition) is 3. The van der Waals surface area contributed by atoms with E-state index in [0.717, 1.165) is 16.6 Å². The van der Waals surface area contributed by atoms with Crippen LogP contribution in [0.15, 0.2) is 47.3 Å². The number of aryl methyl sites for hydroxylation is 1. The molecular formula is C16H14N2O3. The van der Waals surface area contributed by atoms with E-state index in [1.165, 1.54) is 7.11 Å². The van der Waals surface area contributed by atoms with E-state index >= 15 is 0 Å². The van der Waals surface area contributed by atoms with E-state index < -0.39 is 5.97 Å². The Morgan fingerprint density at radius 2 is 1.95 bits per heavy atom. The monoisotopic (exact) mass is 282 g/mol. The van der Waals surface area contributed by atoms with Crippen LogP contribution in [0.5, 0.6) is 0 Å². The van der Waals surface area contributed by atoms with Crippen LogP contribution < -0.4 is 5.69 Å². The third kappa shape index (κ3) is 2.12. The summed E-state index contributed by atoms with van der Waals surface area (Å²) in [7, 11) is 1.34. The molecule has 1 N–H and O–H groups in total. The van der Waals surface area contributed by atoms with Crippen molar-refractivity contribution in [3.8, 4) is 5.69 Å². The molecule has 1 aromatic heterocycles. The van der Waals surface area contributed by atoms with Crippen molar-refractivity contribution in [2.75, 3.05) is 7.11 Å². The van der Waals surface area contributed by atoms with Gasteiger partial charge in [-0.15, -0.1) is 0 Å². The Morgan fingerprint density at radius 1 is 1.19 bits per heavy atom. The molecule has 0 saturated heterocycles. The number of ether oxygens (including phenoxy) is 1. The lowest BCUT2D eigenvalue weighted by Gasteiger charge is -2.08. The maximum absolute atomic E-state index is 12.2. The quantitative estimate of drug-likeness (QED) is 0.734. The number of fused-ring (bicyclic) bond motifs is 1. The summed E-state index contributed by atoms with van der Waals surface area (Å²) >= 11 is 0. The molecule has 5 heteroatoms. The minimum Gasteiger partial charge on any atom is -0.465 e. The first-order valence-corrected chi connectivity index (χ1v) is 6.51. The number of H-pyrrole nitrogens is 1. The minimum atomic E-state index is -0.415. The number of nitrogens with zero attached hydrogens (tertiary/aromatic N) is 1. The zero-order valence-electron chi connectivity index (χ0n) is 11.7. The van der Waals surface area contributed by atoms with Gasteiger partial charge in [0.05, 0.1) is 29.4 Å². The second-order valence-electron chi connectivity index (χ2n) is 4.77. The number of aromatic nitrogens is 2. The first-order valence-electron chi connectivity index (χ1n) is 6.51. The van der Waals surface area contributed by atoms with Gasteiger partial charge in [0.2, 0.25) is 0 Å². The van der Waals surface area contributed by atoms with Gasteiger partial charge in [0, 0.05) is 0 Å². The molecule has 0 bridgehead atoms. The maximum atomic E-state index is 12.2. The number of aromatic amines is 1. The van der Waals surface area contributed by atoms with Gasteiger partial charge in [-0.3, -0.25) is 4.57 Å². The standard InChI is InChI=1S/C16H14N2O3/c1-10-7-8-11(9-12(10)15(19)21-2)18-14-6-4-3-5-13(14)17-16(18)20/h3-9H,1-2H3,(H,17,20). The molecule has 106 valence electrons. The molecule has 0 aliphatic heterocycles. The number of para-hydroxylation sites is 2. The van der Waals surface area contributed by atoms with Crippen molar-refractivity contribution in [2.24, 2.45) is 0 Å². The summed E-state index contributed by atoms with van der Waals surface area (Å²) in [5.41, 5.74) is 3.16. The van der Waals surface area contributed by atoms with Crippen LogP contribution >= 0.6 is 0 Å². The average molecular weight is 282 g/mol. The largest absolute Gasteiger partial charge is 0.465 e. The van der Waals surface area contributed by atoms with Crippen LogP contribution in [-0.4, -0.2) is 22.6 Å². The molecule has 0 saturated carbocycles.